The molecule has 1 aliphatic carbocycles. The molecule has 0 saturated carbocycles. The molecule has 0 bridgehead atoms. The summed E-state index contributed by atoms with van der Waals surface area (Å²) < 4.78 is 0. The van der Waals surface area contributed by atoms with Gasteiger partial charge in [0.25, 0.3) is 0 Å². The molecule has 104 valence electrons. The number of hydrogen-bond donors (Lipinski definition) is 0. The highest BCUT2D eigenvalue weighted by atomic mass is 16.1. The molecule has 2 heteroatoms. The Morgan fingerprint density at radius 3 is 2.39 bits per heavy atom. The molecule has 0 unspecified atom stereocenters. The maximum Gasteiger partial charge on any atom is 0.178 e. The summed E-state index contributed by atoms with van der Waals surface area (Å²) >= 11 is 0. The Bertz CT molecular complexity index is 300. The third-order valence-electron chi connectivity index (χ3n) is 4.19. The molecule has 0 aromatic heterocycles. The van der Waals surface area contributed by atoms with Crippen LogP contribution < -0.4 is 0 Å². The van der Waals surface area contributed by atoms with E-state index in [-0.39, 0.29) is 5.54 Å². The highest BCUT2D eigenvalue weighted by Gasteiger charge is 2.34. The zero-order valence-corrected chi connectivity index (χ0v) is 12.6. The van der Waals surface area contributed by atoms with Crippen LogP contribution in [0.3, 0.4) is 0 Å². The number of carbonyl (C=O) groups excluding carboxylic acids is 1. The Morgan fingerprint density at radius 1 is 1.17 bits per heavy atom. The van der Waals surface area contributed by atoms with Gasteiger partial charge in [0.1, 0.15) is 0 Å². The van der Waals surface area contributed by atoms with Crippen molar-refractivity contribution in [2.45, 2.75) is 71.8 Å². The SMILES string of the molecule is CCN(CC)C(C)(C)C(=O)C1=CCCCCCC1. The Kier molecular flexibility index (Phi) is 6.07. The Morgan fingerprint density at radius 2 is 1.78 bits per heavy atom. The first-order valence-electron chi connectivity index (χ1n) is 7.52. The maximum atomic E-state index is 12.7. The van der Waals surface area contributed by atoms with E-state index in [0.717, 1.165) is 31.5 Å². The number of ketones is 1. The number of allylic oxidation sites excluding steroid dienone is 1. The van der Waals surface area contributed by atoms with Crippen molar-refractivity contribution in [3.05, 3.63) is 11.6 Å². The van der Waals surface area contributed by atoms with E-state index in [2.05, 4.69) is 38.7 Å². The fourth-order valence-electron chi connectivity index (χ4n) is 2.95. The summed E-state index contributed by atoms with van der Waals surface area (Å²) in [6, 6.07) is 0. The zero-order valence-electron chi connectivity index (χ0n) is 12.6. The fourth-order valence-corrected chi connectivity index (χ4v) is 2.95. The monoisotopic (exact) mass is 251 g/mol. The summed E-state index contributed by atoms with van der Waals surface area (Å²) in [5.41, 5.74) is 0.723. The molecule has 0 N–H and O–H groups in total. The van der Waals surface area contributed by atoms with Gasteiger partial charge in [-0.15, -0.1) is 0 Å². The van der Waals surface area contributed by atoms with Crippen molar-refractivity contribution >= 4 is 5.78 Å². The van der Waals surface area contributed by atoms with Crippen LogP contribution in [0.15, 0.2) is 11.6 Å². The largest absolute Gasteiger partial charge is 0.292 e. The standard InChI is InChI=1S/C16H29NO/c1-5-17(6-2)16(3,4)15(18)14-12-10-8-7-9-11-13-14/h12H,5-11,13H2,1-4H3. The van der Waals surface area contributed by atoms with Gasteiger partial charge in [-0.3, -0.25) is 9.69 Å². The lowest BCUT2D eigenvalue weighted by atomic mass is 9.86. The molecule has 0 spiro atoms. The molecule has 1 aliphatic rings. The molecular formula is C16H29NO. The van der Waals surface area contributed by atoms with Crippen molar-refractivity contribution in [1.29, 1.82) is 0 Å². The molecule has 2 nitrogen and oxygen atoms in total. The average Bonchev–Trinajstić information content (AvgIpc) is 2.29. The second kappa shape index (κ2) is 7.08. The van der Waals surface area contributed by atoms with Gasteiger partial charge >= 0.3 is 0 Å². The van der Waals surface area contributed by atoms with E-state index in [9.17, 15) is 4.79 Å². The highest BCUT2D eigenvalue weighted by Crippen LogP contribution is 2.25. The molecule has 0 aromatic rings. The molecule has 0 radical (unpaired) electrons. The minimum Gasteiger partial charge on any atom is -0.292 e. The zero-order chi connectivity index (χ0) is 13.6. The molecule has 1 rings (SSSR count). The molecule has 0 amide bonds. The van der Waals surface area contributed by atoms with Gasteiger partial charge in [-0.2, -0.15) is 0 Å². The maximum absolute atomic E-state index is 12.7. The summed E-state index contributed by atoms with van der Waals surface area (Å²) in [6.45, 7) is 10.3. The van der Waals surface area contributed by atoms with Crippen LogP contribution in [0.5, 0.6) is 0 Å². The number of nitrogens with zero attached hydrogens (tertiary/aromatic N) is 1. The van der Waals surface area contributed by atoms with E-state index in [0.29, 0.717) is 5.78 Å². The van der Waals surface area contributed by atoms with E-state index >= 15 is 0 Å². The van der Waals surface area contributed by atoms with Gasteiger partial charge in [0.2, 0.25) is 0 Å². The minimum absolute atomic E-state index is 0.341. The topological polar surface area (TPSA) is 20.3 Å². The van der Waals surface area contributed by atoms with Crippen molar-refractivity contribution in [1.82, 2.24) is 4.90 Å². The van der Waals surface area contributed by atoms with Crippen LogP contribution in [0, 0.1) is 0 Å². The summed E-state index contributed by atoms with van der Waals surface area (Å²) in [4.78, 5) is 15.0. The molecule has 0 heterocycles. The van der Waals surface area contributed by atoms with Gasteiger partial charge in [0, 0.05) is 0 Å². The first kappa shape index (κ1) is 15.4. The van der Waals surface area contributed by atoms with Crippen LogP contribution in [0.1, 0.15) is 66.2 Å². The Hall–Kier alpha value is -0.630. The van der Waals surface area contributed by atoms with E-state index in [4.69, 9.17) is 0 Å². The third-order valence-corrected chi connectivity index (χ3v) is 4.19. The predicted octanol–water partition coefficient (Wildman–Crippen LogP) is 3.96. The van der Waals surface area contributed by atoms with Gasteiger partial charge in [0.15, 0.2) is 5.78 Å². The number of likely N-dealkylation sites (N-methyl/N-ethyl adjacent to an activating group) is 1. The fraction of sp³-hybridized carbons (Fsp3) is 0.812. The van der Waals surface area contributed by atoms with E-state index in [1.54, 1.807) is 0 Å². The summed E-state index contributed by atoms with van der Waals surface area (Å²) in [7, 11) is 0. The number of Topliss-reactive ketones (excluding diaryl/α,β-unsaturated/α-hetero) is 1. The normalized spacial score (nSPS) is 18.2. The van der Waals surface area contributed by atoms with Gasteiger partial charge in [0.05, 0.1) is 5.54 Å². The lowest BCUT2D eigenvalue weighted by Gasteiger charge is -2.36. The van der Waals surface area contributed by atoms with Crippen LogP contribution in [0.25, 0.3) is 0 Å². The van der Waals surface area contributed by atoms with Crippen LogP contribution in [-0.4, -0.2) is 29.3 Å². The van der Waals surface area contributed by atoms with Gasteiger partial charge in [-0.05, 0) is 58.2 Å². The van der Waals surface area contributed by atoms with Crippen LogP contribution in [-0.2, 0) is 4.79 Å². The number of rotatable bonds is 5. The van der Waals surface area contributed by atoms with Crippen molar-refractivity contribution < 1.29 is 4.79 Å². The smallest absolute Gasteiger partial charge is 0.178 e. The lowest BCUT2D eigenvalue weighted by Crippen LogP contribution is -2.50. The number of carbonyl (C=O) groups is 1. The quantitative estimate of drug-likeness (QED) is 0.737. The van der Waals surface area contributed by atoms with E-state index in [1.807, 2.05) is 0 Å². The molecule has 0 atom stereocenters. The molecule has 18 heavy (non-hydrogen) atoms. The molecule has 0 aromatic carbocycles. The molecular weight excluding hydrogens is 222 g/mol. The molecule has 0 aliphatic heterocycles. The van der Waals surface area contributed by atoms with Crippen LogP contribution in [0.4, 0.5) is 0 Å². The van der Waals surface area contributed by atoms with Crippen molar-refractivity contribution in [3.63, 3.8) is 0 Å². The second-order valence-electron chi connectivity index (χ2n) is 5.74. The molecule has 0 saturated heterocycles. The third kappa shape index (κ3) is 3.68. The van der Waals surface area contributed by atoms with Gasteiger partial charge in [-0.1, -0.05) is 32.8 Å². The molecule has 0 fully saturated rings. The van der Waals surface area contributed by atoms with Gasteiger partial charge < -0.3 is 0 Å². The summed E-state index contributed by atoms with van der Waals surface area (Å²) in [5.74, 6) is 0.341. The first-order valence-corrected chi connectivity index (χ1v) is 7.52. The van der Waals surface area contributed by atoms with Crippen LogP contribution >= 0.6 is 0 Å². The van der Waals surface area contributed by atoms with E-state index in [1.165, 1.54) is 25.7 Å². The summed E-state index contributed by atoms with van der Waals surface area (Å²) in [6.07, 6.45) is 9.26. The second-order valence-corrected chi connectivity index (χ2v) is 5.74. The average molecular weight is 251 g/mol. The van der Waals surface area contributed by atoms with E-state index < -0.39 is 0 Å². The summed E-state index contributed by atoms with van der Waals surface area (Å²) in [5, 5.41) is 0. The minimum atomic E-state index is -0.353. The number of hydrogen-bond acceptors (Lipinski definition) is 2. The van der Waals surface area contributed by atoms with Crippen LogP contribution in [0.2, 0.25) is 0 Å². The Labute approximate surface area is 112 Å². The van der Waals surface area contributed by atoms with Gasteiger partial charge in [-0.25, -0.2) is 0 Å². The highest BCUT2D eigenvalue weighted by molar-refractivity contribution is 6.02. The van der Waals surface area contributed by atoms with Crippen molar-refractivity contribution in [3.8, 4) is 0 Å². The predicted molar refractivity (Wildman–Crippen MR) is 77.8 cm³/mol. The first-order chi connectivity index (χ1) is 8.54. The van der Waals surface area contributed by atoms with Crippen molar-refractivity contribution in [2.75, 3.05) is 13.1 Å². The van der Waals surface area contributed by atoms with Crippen molar-refractivity contribution in [2.24, 2.45) is 0 Å². The lowest BCUT2D eigenvalue weighted by molar-refractivity contribution is -0.125. The Balaban J connectivity index is 2.83.